The fourth-order valence-electron chi connectivity index (χ4n) is 3.50. The van der Waals surface area contributed by atoms with Gasteiger partial charge in [0.1, 0.15) is 0 Å². The van der Waals surface area contributed by atoms with E-state index in [1.807, 2.05) is 0 Å². The maximum Gasteiger partial charge on any atom is 0.223 e. The second-order valence-electron chi connectivity index (χ2n) is 6.60. The zero-order valence-corrected chi connectivity index (χ0v) is 15.1. The van der Waals surface area contributed by atoms with Crippen molar-refractivity contribution in [2.45, 2.75) is 29.8 Å². The summed E-state index contributed by atoms with van der Waals surface area (Å²) >= 11 is 0. The van der Waals surface area contributed by atoms with Gasteiger partial charge in [-0.2, -0.15) is 0 Å². The quantitative estimate of drug-likeness (QED) is 0.787. The van der Waals surface area contributed by atoms with Gasteiger partial charge < -0.3 is 19.9 Å². The molecule has 2 heterocycles. The molecule has 2 aliphatic heterocycles. The van der Waals surface area contributed by atoms with E-state index in [0.29, 0.717) is 63.5 Å². The fourth-order valence-corrected chi connectivity index (χ4v) is 5.02. The largest absolute Gasteiger partial charge is 0.593 e. The third-order valence-corrected chi connectivity index (χ3v) is 6.84. The van der Waals surface area contributed by atoms with Crippen LogP contribution in [0.1, 0.15) is 19.3 Å². The van der Waals surface area contributed by atoms with Crippen molar-refractivity contribution in [3.05, 3.63) is 30.3 Å². The van der Waals surface area contributed by atoms with Crippen molar-refractivity contribution in [3.8, 4) is 0 Å². The first-order valence-electron chi connectivity index (χ1n) is 8.64. The monoisotopic (exact) mass is 367 g/mol. The fraction of sp³-hybridized carbons (Fsp3) is 0.588. The second-order valence-corrected chi connectivity index (χ2v) is 8.54. The molecular formula is C17H25N3O4S. The number of nitrogens with zero attached hydrogens (tertiary/aromatic N) is 2. The molecule has 0 radical (unpaired) electrons. The molecule has 2 saturated heterocycles. The van der Waals surface area contributed by atoms with E-state index in [1.165, 1.54) is 4.31 Å². The number of hydrogen-bond donors (Lipinski definition) is 1. The lowest BCUT2D eigenvalue weighted by molar-refractivity contribution is -0.144. The molecule has 2 N–H and O–H groups in total. The molecule has 2 fully saturated rings. The van der Waals surface area contributed by atoms with Gasteiger partial charge in [0, 0.05) is 26.1 Å². The maximum absolute atomic E-state index is 12.9. The number of amides is 1. The average Bonchev–Trinajstić information content (AvgIpc) is 2.63. The van der Waals surface area contributed by atoms with Crippen LogP contribution in [-0.2, 0) is 24.1 Å². The topological polar surface area (TPSA) is 98.9 Å². The Balaban J connectivity index is 1.68. The Bertz CT molecular complexity index is 647. The molecule has 0 aliphatic carbocycles. The first kappa shape index (κ1) is 18.5. The van der Waals surface area contributed by atoms with E-state index >= 15 is 0 Å². The predicted octanol–water partition coefficient (Wildman–Crippen LogP) is 0.633. The normalized spacial score (nSPS) is 23.4. The van der Waals surface area contributed by atoms with Crippen molar-refractivity contribution < 1.29 is 18.3 Å². The lowest BCUT2D eigenvalue weighted by Crippen LogP contribution is -2.59. The van der Waals surface area contributed by atoms with Crippen LogP contribution in [0.4, 0.5) is 0 Å². The number of nitrogens with two attached hydrogens (primary N) is 1. The standard InChI is InChI=1S/C17H25N3O4S/c18-9-6-16(21)19-10-7-17(8-11-19)14-20(12-13-24-17)25(22,23)15-4-2-1-3-5-15/h1-5H,6-14,18H2. The summed E-state index contributed by atoms with van der Waals surface area (Å²) in [6.45, 7) is 2.58. The molecule has 0 bridgehead atoms. The number of carbonyl (C=O) groups is 1. The number of rotatable bonds is 4. The summed E-state index contributed by atoms with van der Waals surface area (Å²) in [5.41, 5.74) is 4.95. The number of likely N-dealkylation sites (tertiary alicyclic amines) is 1. The van der Waals surface area contributed by atoms with Gasteiger partial charge in [0.2, 0.25) is 5.91 Å². The molecule has 8 heteroatoms. The van der Waals surface area contributed by atoms with Gasteiger partial charge in [-0.05, 0) is 25.0 Å². The molecule has 0 aromatic heterocycles. The van der Waals surface area contributed by atoms with Gasteiger partial charge in [0.05, 0.1) is 25.3 Å². The molecule has 1 spiro atoms. The van der Waals surface area contributed by atoms with Crippen LogP contribution in [0, 0.1) is 0 Å². The second kappa shape index (κ2) is 7.51. The zero-order chi connectivity index (χ0) is 17.9. The summed E-state index contributed by atoms with van der Waals surface area (Å²) in [5.74, 6) is 0.0573. The Morgan fingerprint density at radius 1 is 1.24 bits per heavy atom. The van der Waals surface area contributed by atoms with Crippen LogP contribution in [0.2, 0.25) is 0 Å². The minimum absolute atomic E-state index is 0.0573. The maximum atomic E-state index is 12.9. The Hall–Kier alpha value is -1.32. The highest BCUT2D eigenvalue weighted by Crippen LogP contribution is 2.34. The van der Waals surface area contributed by atoms with Gasteiger partial charge in [-0.15, -0.1) is 4.31 Å². The molecule has 7 nitrogen and oxygen atoms in total. The van der Waals surface area contributed by atoms with E-state index in [9.17, 15) is 13.6 Å². The third kappa shape index (κ3) is 3.93. The Kier molecular flexibility index (Phi) is 5.55. The number of benzene rings is 1. The Labute approximate surface area is 149 Å². The van der Waals surface area contributed by atoms with Gasteiger partial charge >= 0.3 is 0 Å². The highest BCUT2D eigenvalue weighted by atomic mass is 32.3. The zero-order valence-electron chi connectivity index (χ0n) is 14.3. The van der Waals surface area contributed by atoms with Crippen LogP contribution in [-0.4, -0.2) is 64.6 Å². The van der Waals surface area contributed by atoms with Crippen LogP contribution in [0.3, 0.4) is 0 Å². The molecule has 3 rings (SSSR count). The first-order valence-corrected chi connectivity index (χ1v) is 10.1. The van der Waals surface area contributed by atoms with Crippen LogP contribution >= 0.6 is 0 Å². The van der Waals surface area contributed by atoms with Gasteiger partial charge in [-0.25, -0.2) is 0 Å². The minimum atomic E-state index is -3.52. The Morgan fingerprint density at radius 2 is 1.92 bits per heavy atom. The van der Waals surface area contributed by atoms with Crippen molar-refractivity contribution >= 4 is 16.3 Å². The van der Waals surface area contributed by atoms with Gasteiger partial charge in [-0.1, -0.05) is 22.4 Å². The highest BCUT2D eigenvalue weighted by molar-refractivity contribution is 7.95. The number of sulfonamides is 1. The van der Waals surface area contributed by atoms with Crippen LogP contribution < -0.4 is 5.73 Å². The van der Waals surface area contributed by atoms with Crippen LogP contribution in [0.15, 0.2) is 35.2 Å². The molecule has 1 unspecified atom stereocenters. The van der Waals surface area contributed by atoms with Crippen LogP contribution in [0.25, 0.3) is 0 Å². The molecule has 1 aromatic rings. The minimum Gasteiger partial charge on any atom is -0.593 e. The number of morpholine rings is 1. The number of ether oxygens (including phenoxy) is 1. The lowest BCUT2D eigenvalue weighted by Gasteiger charge is -2.47. The summed E-state index contributed by atoms with van der Waals surface area (Å²) in [6.07, 6.45) is 1.64. The highest BCUT2D eigenvalue weighted by Gasteiger charge is 2.45. The summed E-state index contributed by atoms with van der Waals surface area (Å²) in [7, 11) is -3.52. The lowest BCUT2D eigenvalue weighted by atomic mass is 9.90. The molecule has 138 valence electrons. The van der Waals surface area contributed by atoms with Gasteiger partial charge in [-0.3, -0.25) is 4.79 Å². The smallest absolute Gasteiger partial charge is 0.223 e. The molecular weight excluding hydrogens is 342 g/mol. The van der Waals surface area contributed by atoms with E-state index in [-0.39, 0.29) is 5.91 Å². The first-order chi connectivity index (χ1) is 12.0. The Morgan fingerprint density at radius 3 is 2.56 bits per heavy atom. The predicted molar refractivity (Wildman–Crippen MR) is 93.3 cm³/mol. The average molecular weight is 367 g/mol. The van der Waals surface area contributed by atoms with Crippen molar-refractivity contribution in [2.75, 3.05) is 39.3 Å². The molecule has 0 saturated carbocycles. The molecule has 1 amide bonds. The van der Waals surface area contributed by atoms with Crippen molar-refractivity contribution in [1.29, 1.82) is 0 Å². The van der Waals surface area contributed by atoms with E-state index in [0.717, 1.165) is 0 Å². The van der Waals surface area contributed by atoms with E-state index in [4.69, 9.17) is 10.5 Å². The number of hydrogen-bond acceptors (Lipinski definition) is 5. The molecule has 25 heavy (non-hydrogen) atoms. The van der Waals surface area contributed by atoms with Crippen molar-refractivity contribution in [1.82, 2.24) is 9.21 Å². The van der Waals surface area contributed by atoms with E-state index in [1.54, 1.807) is 35.2 Å². The summed E-state index contributed by atoms with van der Waals surface area (Å²) in [6, 6.07) is 8.49. The van der Waals surface area contributed by atoms with Gasteiger partial charge in [0.25, 0.3) is 0 Å². The summed E-state index contributed by atoms with van der Waals surface area (Å²) in [4.78, 5) is 14.1. The number of carbonyl (C=O) groups excluding carboxylic acids is 1. The summed E-state index contributed by atoms with van der Waals surface area (Å²) in [5, 5.41) is 0. The summed E-state index contributed by atoms with van der Waals surface area (Å²) < 4.78 is 33.2. The van der Waals surface area contributed by atoms with Gasteiger partial charge in [0.15, 0.2) is 15.3 Å². The molecule has 1 aromatic carbocycles. The molecule has 1 atom stereocenters. The number of piperidine rings is 1. The van der Waals surface area contributed by atoms with Crippen molar-refractivity contribution in [2.24, 2.45) is 5.73 Å². The van der Waals surface area contributed by atoms with E-state index in [2.05, 4.69) is 0 Å². The third-order valence-electron chi connectivity index (χ3n) is 4.98. The SMILES string of the molecule is NCCC(=O)N1CCC2(CC1)CN([S+](=O)([O-])c1ccccc1)CCO2. The van der Waals surface area contributed by atoms with Crippen molar-refractivity contribution in [3.63, 3.8) is 0 Å². The van der Waals surface area contributed by atoms with E-state index < -0.39 is 16.0 Å². The molecule has 2 aliphatic rings. The van der Waals surface area contributed by atoms with Crippen LogP contribution in [0.5, 0.6) is 0 Å².